The van der Waals surface area contributed by atoms with Gasteiger partial charge < -0.3 is 24.6 Å². The maximum Gasteiger partial charge on any atom is 0.249 e. The summed E-state index contributed by atoms with van der Waals surface area (Å²) in [6.07, 6.45) is 7.81. The van der Waals surface area contributed by atoms with E-state index in [1.54, 1.807) is 47.4 Å². The van der Waals surface area contributed by atoms with E-state index in [9.17, 15) is 14.4 Å². The van der Waals surface area contributed by atoms with Gasteiger partial charge in [0, 0.05) is 37.3 Å². The Morgan fingerprint density at radius 3 is 2.75 bits per heavy atom. The number of hydrogen-bond donors (Lipinski definition) is 1. The smallest absolute Gasteiger partial charge is 0.249 e. The number of ether oxygens (including phenoxy) is 2. The molecule has 1 N–H and O–H groups in total. The molecular weight excluding hydrogens is 458 g/mol. The van der Waals surface area contributed by atoms with Crippen molar-refractivity contribution in [3.05, 3.63) is 71.9 Å². The number of rotatable bonds is 3. The minimum absolute atomic E-state index is 0.246. The number of amides is 3. The predicted octanol–water partition coefficient (Wildman–Crippen LogP) is 2.85. The van der Waals surface area contributed by atoms with E-state index in [-0.39, 0.29) is 17.7 Å². The highest BCUT2D eigenvalue weighted by Crippen LogP contribution is 2.32. The van der Waals surface area contributed by atoms with Crippen LogP contribution in [-0.2, 0) is 14.4 Å². The molecular formula is C28H29N3O5. The van der Waals surface area contributed by atoms with Crippen LogP contribution in [0.5, 0.6) is 11.5 Å². The lowest BCUT2D eigenvalue weighted by Crippen LogP contribution is -2.55. The molecule has 0 spiro atoms. The highest BCUT2D eigenvalue weighted by atomic mass is 16.5. The molecule has 0 saturated carbocycles. The zero-order valence-electron chi connectivity index (χ0n) is 20.1. The maximum absolute atomic E-state index is 13.9. The Bertz CT molecular complexity index is 1210. The van der Waals surface area contributed by atoms with Crippen LogP contribution in [0.4, 0.5) is 0 Å². The number of nitrogens with one attached hydrogen (secondary N) is 1. The topological polar surface area (TPSA) is 88.2 Å². The normalized spacial score (nSPS) is 24.6. The van der Waals surface area contributed by atoms with Gasteiger partial charge in [0.1, 0.15) is 29.7 Å². The van der Waals surface area contributed by atoms with Gasteiger partial charge in [-0.15, -0.1) is 0 Å². The Labute approximate surface area is 210 Å². The molecule has 5 rings (SSSR count). The van der Waals surface area contributed by atoms with Crippen LogP contribution >= 0.6 is 0 Å². The molecule has 2 fully saturated rings. The van der Waals surface area contributed by atoms with Crippen LogP contribution < -0.4 is 14.8 Å². The van der Waals surface area contributed by atoms with E-state index >= 15 is 0 Å². The van der Waals surface area contributed by atoms with Crippen molar-refractivity contribution >= 4 is 29.9 Å². The van der Waals surface area contributed by atoms with E-state index in [1.807, 2.05) is 36.4 Å². The second kappa shape index (κ2) is 10.3. The fourth-order valence-electron chi connectivity index (χ4n) is 5.13. The molecule has 186 valence electrons. The number of fused-ring (bicyclic) bond motifs is 4. The van der Waals surface area contributed by atoms with Crippen molar-refractivity contribution in [1.29, 1.82) is 0 Å². The third-order valence-electron chi connectivity index (χ3n) is 6.91. The Morgan fingerprint density at radius 1 is 1.11 bits per heavy atom. The summed E-state index contributed by atoms with van der Waals surface area (Å²) in [7, 11) is 1.58. The molecule has 2 bridgehead atoms. The fraction of sp³-hybridized carbons (Fsp3) is 0.321. The van der Waals surface area contributed by atoms with Crippen LogP contribution in [0.1, 0.15) is 30.4 Å². The molecule has 0 aromatic heterocycles. The second-order valence-corrected chi connectivity index (χ2v) is 9.10. The first kappa shape index (κ1) is 23.7. The first-order valence-electron chi connectivity index (χ1n) is 12.2. The molecule has 3 heterocycles. The molecule has 3 aliphatic heterocycles. The van der Waals surface area contributed by atoms with Crippen LogP contribution in [-0.4, -0.2) is 65.9 Å². The van der Waals surface area contributed by atoms with Crippen LogP contribution in [0.25, 0.3) is 12.2 Å². The highest BCUT2D eigenvalue weighted by Gasteiger charge is 2.47. The highest BCUT2D eigenvalue weighted by molar-refractivity contribution is 5.98. The summed E-state index contributed by atoms with van der Waals surface area (Å²) < 4.78 is 11.8. The van der Waals surface area contributed by atoms with E-state index in [2.05, 4.69) is 5.32 Å². The number of likely N-dealkylation sites (tertiary alicyclic amines) is 1. The van der Waals surface area contributed by atoms with Gasteiger partial charge in [-0.2, -0.15) is 0 Å². The molecule has 8 heteroatoms. The first-order chi connectivity index (χ1) is 17.5. The van der Waals surface area contributed by atoms with Crippen LogP contribution in [0.15, 0.2) is 60.8 Å². The quantitative estimate of drug-likeness (QED) is 0.673. The Morgan fingerprint density at radius 2 is 1.94 bits per heavy atom. The lowest BCUT2D eigenvalue weighted by Gasteiger charge is -2.32. The van der Waals surface area contributed by atoms with E-state index in [0.717, 1.165) is 17.5 Å². The van der Waals surface area contributed by atoms with Crippen molar-refractivity contribution in [2.45, 2.75) is 37.5 Å². The van der Waals surface area contributed by atoms with Crippen molar-refractivity contribution in [2.75, 3.05) is 20.2 Å². The van der Waals surface area contributed by atoms with Crippen LogP contribution in [0.3, 0.4) is 0 Å². The van der Waals surface area contributed by atoms with E-state index in [4.69, 9.17) is 9.47 Å². The summed E-state index contributed by atoms with van der Waals surface area (Å²) in [5.41, 5.74) is 1.63. The third kappa shape index (κ3) is 4.71. The SMILES string of the molecule is COc1ccc2cc1/C=C\NC(=O)[C@@H]1CCCN1C(=O)[C@@H]1[C@H](CCN1C(=O)/C=C/c1ccccc1)O2. The van der Waals surface area contributed by atoms with Crippen LogP contribution in [0, 0.1) is 0 Å². The number of hydrogen-bond acceptors (Lipinski definition) is 5. The zero-order chi connectivity index (χ0) is 25.1. The molecule has 0 aliphatic carbocycles. The lowest BCUT2D eigenvalue weighted by atomic mass is 10.1. The molecule has 36 heavy (non-hydrogen) atoms. The third-order valence-corrected chi connectivity index (χ3v) is 6.91. The van der Waals surface area contributed by atoms with Crippen molar-refractivity contribution in [2.24, 2.45) is 0 Å². The number of carbonyl (C=O) groups excluding carboxylic acids is 3. The summed E-state index contributed by atoms with van der Waals surface area (Å²) in [5.74, 6) is 0.435. The molecule has 3 atom stereocenters. The summed E-state index contributed by atoms with van der Waals surface area (Å²) in [4.78, 5) is 43.3. The maximum atomic E-state index is 13.9. The van der Waals surface area contributed by atoms with Crippen molar-refractivity contribution in [1.82, 2.24) is 15.1 Å². The minimum Gasteiger partial charge on any atom is -0.496 e. The van der Waals surface area contributed by atoms with E-state index < -0.39 is 18.2 Å². The van der Waals surface area contributed by atoms with Crippen molar-refractivity contribution < 1.29 is 23.9 Å². The van der Waals surface area contributed by atoms with Gasteiger partial charge >= 0.3 is 0 Å². The van der Waals surface area contributed by atoms with Gasteiger partial charge in [0.05, 0.1) is 7.11 Å². The van der Waals surface area contributed by atoms with Gasteiger partial charge in [0.15, 0.2) is 0 Å². The van der Waals surface area contributed by atoms with Gasteiger partial charge in [-0.05, 0) is 48.8 Å². The number of methoxy groups -OCH3 is 1. The largest absolute Gasteiger partial charge is 0.496 e. The zero-order valence-corrected chi connectivity index (χ0v) is 20.1. The number of benzene rings is 2. The van der Waals surface area contributed by atoms with Gasteiger partial charge in [-0.25, -0.2) is 0 Å². The van der Waals surface area contributed by atoms with Gasteiger partial charge in [-0.3, -0.25) is 14.4 Å². The number of nitrogens with zero attached hydrogens (tertiary/aromatic N) is 2. The molecule has 2 aromatic rings. The van der Waals surface area contributed by atoms with Crippen molar-refractivity contribution in [3.8, 4) is 11.5 Å². The lowest BCUT2D eigenvalue weighted by molar-refractivity contribution is -0.147. The average molecular weight is 488 g/mol. The molecule has 3 amide bonds. The monoisotopic (exact) mass is 487 g/mol. The Balaban J connectivity index is 1.49. The standard InChI is InChI=1S/C28H29N3O5/c1-35-23-11-10-21-18-20(23)13-15-29-27(33)22-8-5-16-30(22)28(34)26-24(36-21)14-17-31(26)25(32)12-9-19-6-3-2-4-7-19/h2-4,6-7,9-13,15,18,22,24,26H,5,8,14,16-17H2,1H3,(H,29,33)/b12-9+,15-13-/t22-,24-,26-/m0/s1. The summed E-state index contributed by atoms with van der Waals surface area (Å²) in [5, 5.41) is 2.80. The predicted molar refractivity (Wildman–Crippen MR) is 135 cm³/mol. The van der Waals surface area contributed by atoms with Crippen LogP contribution in [0.2, 0.25) is 0 Å². The van der Waals surface area contributed by atoms with Gasteiger partial charge in [-0.1, -0.05) is 30.3 Å². The second-order valence-electron chi connectivity index (χ2n) is 9.10. The average Bonchev–Trinajstić information content (AvgIpc) is 3.55. The Hall–Kier alpha value is -4.07. The van der Waals surface area contributed by atoms with Gasteiger partial charge in [0.25, 0.3) is 0 Å². The molecule has 3 aliphatic rings. The first-order valence-corrected chi connectivity index (χ1v) is 12.2. The molecule has 2 saturated heterocycles. The molecule has 8 nitrogen and oxygen atoms in total. The minimum atomic E-state index is -0.828. The number of carbonyl (C=O) groups is 3. The fourth-order valence-corrected chi connectivity index (χ4v) is 5.13. The summed E-state index contributed by atoms with van der Waals surface area (Å²) >= 11 is 0. The molecule has 0 unspecified atom stereocenters. The summed E-state index contributed by atoms with van der Waals surface area (Å²) in [6.45, 7) is 0.847. The van der Waals surface area contributed by atoms with Gasteiger partial charge in [0.2, 0.25) is 17.7 Å². The molecule has 2 aromatic carbocycles. The molecule has 0 radical (unpaired) electrons. The van der Waals surface area contributed by atoms with E-state index in [0.29, 0.717) is 37.4 Å². The Kier molecular flexibility index (Phi) is 6.75. The summed E-state index contributed by atoms with van der Waals surface area (Å²) in [6, 6.07) is 13.5. The van der Waals surface area contributed by atoms with Crippen molar-refractivity contribution in [3.63, 3.8) is 0 Å². The van der Waals surface area contributed by atoms with E-state index in [1.165, 1.54) is 6.08 Å².